The van der Waals surface area contributed by atoms with Gasteiger partial charge in [-0.2, -0.15) is 0 Å². The molecule has 3 saturated carbocycles. The monoisotopic (exact) mass is 878 g/mol. The number of hydrogen-bond donors (Lipinski definition) is 1. The average Bonchev–Trinajstić information content (AvgIpc) is 3.19. The molecule has 3 aromatic rings. The van der Waals surface area contributed by atoms with E-state index in [1.54, 1.807) is 77.0 Å². The summed E-state index contributed by atoms with van der Waals surface area (Å²) in [6, 6.07) is 16.8. The molecule has 0 spiro atoms. The van der Waals surface area contributed by atoms with E-state index < -0.39 is 9.85 Å². The summed E-state index contributed by atoms with van der Waals surface area (Å²) in [7, 11) is 5.96. The van der Waals surface area contributed by atoms with Crippen molar-refractivity contribution in [3.8, 4) is 5.75 Å². The van der Waals surface area contributed by atoms with Crippen molar-refractivity contribution in [3.63, 3.8) is 0 Å². The van der Waals surface area contributed by atoms with Gasteiger partial charge in [0.1, 0.15) is 5.75 Å². The van der Waals surface area contributed by atoms with Crippen molar-refractivity contribution in [2.45, 2.75) is 153 Å². The number of nitro benzene ring substituents is 2. The fourth-order valence-electron chi connectivity index (χ4n) is 8.29. The van der Waals surface area contributed by atoms with Gasteiger partial charge in [-0.05, 0) is 84.5 Å². The Bertz CT molecular complexity index is 1650. The van der Waals surface area contributed by atoms with E-state index in [0.29, 0.717) is 24.7 Å². The minimum atomic E-state index is -0.554. The van der Waals surface area contributed by atoms with E-state index in [2.05, 4.69) is 21.7 Å². The molecule has 0 saturated heterocycles. The van der Waals surface area contributed by atoms with Crippen LogP contribution in [-0.4, -0.2) is 42.8 Å². The van der Waals surface area contributed by atoms with Gasteiger partial charge in [0.25, 0.3) is 11.4 Å². The summed E-state index contributed by atoms with van der Waals surface area (Å²) >= 11 is -0.0765. The maximum absolute atomic E-state index is 11.3. The molecule has 11 heteroatoms. The quantitative estimate of drug-likeness (QED) is 0.0715. The Morgan fingerprint density at radius 3 is 1.56 bits per heavy atom. The third-order valence-electron chi connectivity index (χ3n) is 11.1. The molecule has 0 amide bonds. The summed E-state index contributed by atoms with van der Waals surface area (Å²) < 4.78 is 2.06. The van der Waals surface area contributed by atoms with Gasteiger partial charge in [0.15, 0.2) is 0 Å². The van der Waals surface area contributed by atoms with Crippen LogP contribution in [0.15, 0.2) is 65.7 Å². The second-order valence-corrected chi connectivity index (χ2v) is 20.6. The molecule has 3 aliphatic carbocycles. The number of hydrogen-bond acceptors (Lipinski definition) is 6. The molecule has 6 rings (SSSR count). The van der Waals surface area contributed by atoms with Crippen molar-refractivity contribution < 1.29 is 30.6 Å². The van der Waals surface area contributed by atoms with Crippen LogP contribution in [0.5, 0.6) is 5.75 Å². The van der Waals surface area contributed by atoms with Crippen LogP contribution in [0.1, 0.15) is 158 Å². The third-order valence-corrected chi connectivity index (χ3v) is 16.4. The van der Waals surface area contributed by atoms with Crippen LogP contribution in [0.25, 0.3) is 0 Å². The Morgan fingerprint density at radius 2 is 1.16 bits per heavy atom. The number of halogens is 1. The van der Waals surface area contributed by atoms with E-state index in [1.165, 1.54) is 78.3 Å². The standard InChI is InChI=1S/C19H21N3O5.C18H33P.C7H6.ClH.Ru/c1-11(2)16-8-15(22(26)27)9-17(12(3)4)19(16)20-10-13-7-14(21(24)25)5-6-18(13)23;1-4-10-16(11-5-1)19(17-12-6-2-7-13-17)18-14-8-3-9-15-18;1-7-5-3-2-4-6-7;;/h5-12,23H,1-4H3;16-18H,1-15H2;1-6H;1H;/q;;;;+1/p-1. The molecule has 3 fully saturated rings. The summed E-state index contributed by atoms with van der Waals surface area (Å²) in [6.07, 6.45) is 25.0. The summed E-state index contributed by atoms with van der Waals surface area (Å²) in [5, 5.41) is 32.2. The third kappa shape index (κ3) is 13.9. The van der Waals surface area contributed by atoms with Gasteiger partial charge in [0.05, 0.1) is 15.5 Å². The maximum atomic E-state index is 11.3. The number of phenols is 1. The van der Waals surface area contributed by atoms with E-state index in [4.69, 9.17) is 9.69 Å². The number of phenolic OH excluding ortho intramolecular Hbond substituents is 1. The molecule has 55 heavy (non-hydrogen) atoms. The van der Waals surface area contributed by atoms with E-state index in [0.717, 1.165) is 0 Å². The molecular weight excluding hydrogens is 818 g/mol. The van der Waals surface area contributed by atoms with Crippen LogP contribution >= 0.6 is 17.6 Å². The first kappa shape index (κ1) is 44.9. The van der Waals surface area contributed by atoms with Crippen molar-refractivity contribution in [2.24, 2.45) is 4.99 Å². The number of nitrogens with zero attached hydrogens (tertiary/aromatic N) is 3. The number of non-ortho nitro benzene ring substituents is 2. The van der Waals surface area contributed by atoms with Crippen molar-refractivity contribution in [1.29, 1.82) is 0 Å². The number of aliphatic imine (C=N–C) groups is 1. The average molecular weight is 878 g/mol. The molecule has 1 N–H and O–H groups in total. The Labute approximate surface area is 341 Å². The topological polar surface area (TPSA) is 119 Å². The zero-order valence-electron chi connectivity index (χ0n) is 33.0. The summed E-state index contributed by atoms with van der Waals surface area (Å²) in [6.45, 7) is 7.64. The zero-order valence-corrected chi connectivity index (χ0v) is 36.4. The van der Waals surface area contributed by atoms with Gasteiger partial charge in [-0.3, -0.25) is 25.2 Å². The van der Waals surface area contributed by atoms with E-state index in [1.807, 2.05) is 45.9 Å². The Balaban J connectivity index is 0.000000206. The minimum absolute atomic E-state index is 0.000420. The van der Waals surface area contributed by atoms with Crippen molar-refractivity contribution >= 4 is 45.5 Å². The van der Waals surface area contributed by atoms with E-state index in [9.17, 15) is 25.3 Å². The number of aromatic hydroxyl groups is 1. The van der Waals surface area contributed by atoms with Gasteiger partial charge < -0.3 is 5.11 Å². The number of nitro groups is 2. The molecule has 0 unspecified atom stereocenters. The molecular formula is C44H60ClN3O5PRu. The van der Waals surface area contributed by atoms with Crippen molar-refractivity contribution in [3.05, 3.63) is 103 Å². The second kappa shape index (κ2) is 23.4. The Morgan fingerprint density at radius 1 is 0.709 bits per heavy atom. The molecule has 0 atom stereocenters. The van der Waals surface area contributed by atoms with Gasteiger partial charge in [-0.25, -0.2) is 0 Å². The Kier molecular flexibility index (Phi) is 19.1. The van der Waals surface area contributed by atoms with Gasteiger partial charge >= 0.3 is 65.9 Å². The van der Waals surface area contributed by atoms with Crippen molar-refractivity contribution in [1.82, 2.24) is 0 Å². The number of rotatable bonds is 10. The first-order valence-corrected chi connectivity index (χ1v) is 25.0. The summed E-state index contributed by atoms with van der Waals surface area (Å²) in [5.74, 6) is -0.176. The first-order chi connectivity index (χ1) is 26.5. The molecule has 0 aromatic heterocycles. The second-order valence-electron chi connectivity index (χ2n) is 15.7. The molecule has 0 bridgehead atoms. The normalized spacial score (nSPS) is 17.5. The fourth-order valence-corrected chi connectivity index (χ4v) is 14.0. The zero-order chi connectivity index (χ0) is 39.7. The first-order valence-electron chi connectivity index (χ1n) is 20.2. The summed E-state index contributed by atoms with van der Waals surface area (Å²) in [4.78, 5) is 25.7. The van der Waals surface area contributed by atoms with Gasteiger partial charge in [-0.15, -0.1) is 0 Å². The van der Waals surface area contributed by atoms with Gasteiger partial charge in [0.2, 0.25) is 0 Å². The van der Waals surface area contributed by atoms with Crippen LogP contribution in [0, 0.1) is 20.2 Å². The molecule has 0 radical (unpaired) electrons. The number of benzene rings is 3. The van der Waals surface area contributed by atoms with Crippen LogP contribution in [0.4, 0.5) is 17.1 Å². The van der Waals surface area contributed by atoms with Gasteiger partial charge in [-0.1, -0.05) is 93.4 Å². The van der Waals surface area contributed by atoms with Crippen LogP contribution < -0.4 is 0 Å². The molecule has 0 heterocycles. The van der Waals surface area contributed by atoms with Crippen LogP contribution in [0.2, 0.25) is 0 Å². The molecule has 3 aliphatic rings. The molecule has 8 nitrogen and oxygen atoms in total. The molecule has 3 aromatic carbocycles. The van der Waals surface area contributed by atoms with E-state index in [-0.39, 0.29) is 50.2 Å². The van der Waals surface area contributed by atoms with Crippen LogP contribution in [0.3, 0.4) is 0 Å². The predicted octanol–water partition coefficient (Wildman–Crippen LogP) is 13.7. The molecule has 0 aliphatic heterocycles. The van der Waals surface area contributed by atoms with E-state index >= 15 is 0 Å². The van der Waals surface area contributed by atoms with Crippen LogP contribution in [-0.2, 0) is 15.7 Å². The van der Waals surface area contributed by atoms with Gasteiger partial charge in [0, 0.05) is 36.0 Å². The fraction of sp³-hybridized carbons (Fsp3) is 0.545. The van der Waals surface area contributed by atoms with Crippen molar-refractivity contribution in [2.75, 3.05) is 0 Å². The summed E-state index contributed by atoms with van der Waals surface area (Å²) in [5.41, 5.74) is 6.82. The predicted molar refractivity (Wildman–Crippen MR) is 228 cm³/mol. The SMILES string of the molecule is C1CCC(P(C2CCCCC2)C2CCCCC2)CC1.CC(C)c1cc([N+](=O)[O-])cc(C(C)C)c1N=Cc1cc([N+](=O)[O-])ccc1O.[Cl][Ru]=[CH]c1ccccc1. The molecule has 301 valence electrons. The Hall–Kier alpha value is -2.86.